The lowest BCUT2D eigenvalue weighted by Gasteiger charge is -2.27. The molecule has 0 spiro atoms. The minimum atomic E-state index is -0.622. The van der Waals surface area contributed by atoms with Crippen LogP contribution in [0, 0.1) is 5.92 Å². The Labute approximate surface area is 164 Å². The average Bonchev–Trinajstić information content (AvgIpc) is 3.15. The van der Waals surface area contributed by atoms with Gasteiger partial charge >= 0.3 is 0 Å². The van der Waals surface area contributed by atoms with Crippen LogP contribution >= 0.6 is 11.8 Å². The van der Waals surface area contributed by atoms with E-state index in [2.05, 4.69) is 5.32 Å². The number of carbonyl (C=O) groups excluding carboxylic acids is 4. The van der Waals surface area contributed by atoms with E-state index in [0.29, 0.717) is 25.1 Å². The van der Waals surface area contributed by atoms with Crippen molar-refractivity contribution in [2.24, 2.45) is 5.92 Å². The van der Waals surface area contributed by atoms with Crippen molar-refractivity contribution in [1.29, 1.82) is 0 Å². The van der Waals surface area contributed by atoms with Crippen LogP contribution in [0.4, 0.5) is 0 Å². The van der Waals surface area contributed by atoms with Crippen molar-refractivity contribution in [3.63, 3.8) is 0 Å². The van der Waals surface area contributed by atoms with Gasteiger partial charge in [0.1, 0.15) is 12.3 Å². The van der Waals surface area contributed by atoms with Crippen molar-refractivity contribution in [2.45, 2.75) is 45.2 Å². The molecule has 1 aliphatic heterocycles. The number of nitrogens with zero attached hydrogens (tertiary/aromatic N) is 1. The number of hydrogen-bond acceptors (Lipinski definition) is 5. The van der Waals surface area contributed by atoms with Gasteiger partial charge in [0.15, 0.2) is 5.12 Å². The molecule has 1 fully saturated rings. The average molecular weight is 391 g/mol. The normalized spacial score (nSPS) is 18.6. The quantitative estimate of drug-likeness (QED) is 0.685. The molecule has 0 unspecified atom stereocenters. The second kappa shape index (κ2) is 10.3. The SMILES string of the molecule is CC(=O)SC[C@@H](C)C(=O)N1CCC[C@H]1C(=O)N[C@H](C=O)Cc1ccccc1. The maximum Gasteiger partial charge on any atom is 0.243 e. The molecule has 1 heterocycles. The molecule has 1 aromatic carbocycles. The molecule has 3 atom stereocenters. The van der Waals surface area contributed by atoms with Gasteiger partial charge in [-0.25, -0.2) is 0 Å². The van der Waals surface area contributed by atoms with Crippen LogP contribution in [0.1, 0.15) is 32.3 Å². The molecule has 0 aromatic heterocycles. The van der Waals surface area contributed by atoms with E-state index in [1.807, 2.05) is 30.3 Å². The minimum absolute atomic E-state index is 0.0277. The highest BCUT2D eigenvalue weighted by molar-refractivity contribution is 8.13. The highest BCUT2D eigenvalue weighted by Crippen LogP contribution is 2.22. The first kappa shape index (κ1) is 21.2. The molecule has 1 saturated heterocycles. The van der Waals surface area contributed by atoms with E-state index in [9.17, 15) is 19.2 Å². The Bertz CT molecular complexity index is 680. The first-order valence-corrected chi connectivity index (χ1v) is 10.1. The first-order valence-electron chi connectivity index (χ1n) is 9.15. The fourth-order valence-corrected chi connectivity index (χ4v) is 3.81. The highest BCUT2D eigenvalue weighted by Gasteiger charge is 2.36. The third-order valence-corrected chi connectivity index (χ3v) is 5.66. The number of amides is 2. The molecule has 1 N–H and O–H groups in total. The van der Waals surface area contributed by atoms with E-state index in [0.717, 1.165) is 30.0 Å². The number of benzene rings is 1. The van der Waals surface area contributed by atoms with E-state index in [1.54, 1.807) is 11.8 Å². The van der Waals surface area contributed by atoms with Crippen molar-refractivity contribution in [1.82, 2.24) is 10.2 Å². The molecule has 27 heavy (non-hydrogen) atoms. The summed E-state index contributed by atoms with van der Waals surface area (Å²) in [5.41, 5.74) is 0.962. The fourth-order valence-electron chi connectivity index (χ4n) is 3.18. The second-order valence-electron chi connectivity index (χ2n) is 6.83. The van der Waals surface area contributed by atoms with Gasteiger partial charge in [0.25, 0.3) is 0 Å². The summed E-state index contributed by atoms with van der Waals surface area (Å²) >= 11 is 1.12. The molecule has 2 amide bonds. The predicted octanol–water partition coefficient (Wildman–Crippen LogP) is 1.82. The molecule has 0 aliphatic carbocycles. The van der Waals surface area contributed by atoms with E-state index in [1.165, 1.54) is 6.92 Å². The van der Waals surface area contributed by atoms with Crippen molar-refractivity contribution in [2.75, 3.05) is 12.3 Å². The molecule has 0 radical (unpaired) electrons. The Balaban J connectivity index is 1.96. The van der Waals surface area contributed by atoms with Gasteiger partial charge in [-0.2, -0.15) is 0 Å². The number of thioether (sulfide) groups is 1. The van der Waals surface area contributed by atoms with Gasteiger partial charge in [0.2, 0.25) is 11.8 Å². The zero-order chi connectivity index (χ0) is 19.8. The Morgan fingerprint density at radius 1 is 1.30 bits per heavy atom. The highest BCUT2D eigenvalue weighted by atomic mass is 32.2. The van der Waals surface area contributed by atoms with Gasteiger partial charge in [-0.3, -0.25) is 14.4 Å². The van der Waals surface area contributed by atoms with Crippen LogP contribution in [0.15, 0.2) is 30.3 Å². The van der Waals surface area contributed by atoms with Gasteiger partial charge < -0.3 is 15.0 Å². The summed E-state index contributed by atoms with van der Waals surface area (Å²) in [5, 5.41) is 2.74. The van der Waals surface area contributed by atoms with Gasteiger partial charge in [-0.05, 0) is 24.8 Å². The summed E-state index contributed by atoms with van der Waals surface area (Å²) in [6, 6.07) is 8.30. The lowest BCUT2D eigenvalue weighted by atomic mass is 10.1. The number of rotatable bonds is 8. The van der Waals surface area contributed by atoms with E-state index >= 15 is 0 Å². The maximum atomic E-state index is 12.7. The zero-order valence-electron chi connectivity index (χ0n) is 15.7. The summed E-state index contributed by atoms with van der Waals surface area (Å²) in [5.74, 6) is -0.338. The molecular formula is C20H26N2O4S. The van der Waals surface area contributed by atoms with Crippen LogP contribution in [0.5, 0.6) is 0 Å². The number of likely N-dealkylation sites (tertiary alicyclic amines) is 1. The maximum absolute atomic E-state index is 12.7. The molecule has 1 aliphatic rings. The number of hydrogen-bond donors (Lipinski definition) is 1. The van der Waals surface area contributed by atoms with Gasteiger partial charge in [-0.1, -0.05) is 49.0 Å². The van der Waals surface area contributed by atoms with Crippen molar-refractivity contribution in [3.8, 4) is 0 Å². The largest absolute Gasteiger partial charge is 0.344 e. The van der Waals surface area contributed by atoms with Crippen molar-refractivity contribution in [3.05, 3.63) is 35.9 Å². The molecule has 7 heteroatoms. The fraction of sp³-hybridized carbons (Fsp3) is 0.500. The molecule has 146 valence electrons. The van der Waals surface area contributed by atoms with Crippen molar-refractivity contribution < 1.29 is 19.2 Å². The summed E-state index contributed by atoms with van der Waals surface area (Å²) in [4.78, 5) is 49.5. The molecule has 0 saturated carbocycles. The standard InChI is InChI=1S/C20H26N2O4S/c1-14(13-27-15(2)24)20(26)22-10-6-9-18(22)19(25)21-17(12-23)11-16-7-4-3-5-8-16/h3-5,7-8,12,14,17-18H,6,9-11,13H2,1-2H3,(H,21,25)/t14-,17+,18+/m1/s1. The Morgan fingerprint density at radius 2 is 2.00 bits per heavy atom. The smallest absolute Gasteiger partial charge is 0.243 e. The topological polar surface area (TPSA) is 83.6 Å². The van der Waals surface area contributed by atoms with E-state index in [4.69, 9.17) is 0 Å². The predicted molar refractivity (Wildman–Crippen MR) is 105 cm³/mol. The monoisotopic (exact) mass is 390 g/mol. The Kier molecular flexibility index (Phi) is 8.03. The molecule has 0 bridgehead atoms. The first-order chi connectivity index (χ1) is 12.9. The summed E-state index contributed by atoms with van der Waals surface area (Å²) < 4.78 is 0. The van der Waals surface area contributed by atoms with Crippen LogP contribution in [-0.2, 0) is 25.6 Å². The third kappa shape index (κ3) is 6.20. The van der Waals surface area contributed by atoms with Gasteiger partial charge in [-0.15, -0.1) is 0 Å². The Morgan fingerprint density at radius 3 is 2.63 bits per heavy atom. The van der Waals surface area contributed by atoms with Crippen molar-refractivity contribution >= 4 is 35.0 Å². The summed E-state index contributed by atoms with van der Waals surface area (Å²) in [6.45, 7) is 3.77. The zero-order valence-corrected chi connectivity index (χ0v) is 16.5. The van der Waals surface area contributed by atoms with Crippen LogP contribution in [0.25, 0.3) is 0 Å². The van der Waals surface area contributed by atoms with Crippen LogP contribution < -0.4 is 5.32 Å². The molecule has 6 nitrogen and oxygen atoms in total. The van der Waals surface area contributed by atoms with Gasteiger partial charge in [0.05, 0.1) is 6.04 Å². The van der Waals surface area contributed by atoms with Crippen LogP contribution in [0.2, 0.25) is 0 Å². The van der Waals surface area contributed by atoms with Gasteiger partial charge in [0, 0.05) is 25.1 Å². The van der Waals surface area contributed by atoms with E-state index < -0.39 is 12.1 Å². The summed E-state index contributed by atoms with van der Waals surface area (Å²) in [6.07, 6.45) is 2.49. The lowest BCUT2D eigenvalue weighted by Crippen LogP contribution is -2.51. The van der Waals surface area contributed by atoms with Crippen LogP contribution in [-0.4, -0.2) is 52.5 Å². The van der Waals surface area contributed by atoms with E-state index in [-0.39, 0.29) is 22.8 Å². The third-order valence-electron chi connectivity index (χ3n) is 4.59. The molecular weight excluding hydrogens is 364 g/mol. The minimum Gasteiger partial charge on any atom is -0.344 e. The Hall–Kier alpha value is -2.15. The molecule has 1 aromatic rings. The number of aldehydes is 1. The lowest BCUT2D eigenvalue weighted by molar-refractivity contribution is -0.141. The van der Waals surface area contributed by atoms with Crippen LogP contribution in [0.3, 0.4) is 0 Å². The number of carbonyl (C=O) groups is 4. The number of nitrogens with one attached hydrogen (secondary N) is 1. The summed E-state index contributed by atoms with van der Waals surface area (Å²) in [7, 11) is 0. The second-order valence-corrected chi connectivity index (χ2v) is 8.03. The molecule has 2 rings (SSSR count).